The molecule has 1 amide bonds. The predicted octanol–water partition coefficient (Wildman–Crippen LogP) is 4.30. The quantitative estimate of drug-likeness (QED) is 0.826. The van der Waals surface area contributed by atoms with Crippen LogP contribution in [0.4, 0.5) is 5.69 Å². The zero-order valence-corrected chi connectivity index (χ0v) is 13.7. The molecule has 0 unspecified atom stereocenters. The fourth-order valence-corrected chi connectivity index (χ4v) is 2.15. The molecule has 2 rings (SSSR count). The summed E-state index contributed by atoms with van der Waals surface area (Å²) in [6.45, 7) is 8.63. The van der Waals surface area contributed by atoms with Gasteiger partial charge in [0, 0.05) is 5.56 Å². The van der Waals surface area contributed by atoms with Gasteiger partial charge in [-0.25, -0.2) is 0 Å². The van der Waals surface area contributed by atoms with Gasteiger partial charge in [-0.3, -0.25) is 15.6 Å². The minimum absolute atomic E-state index is 0.128. The molecule has 0 radical (unpaired) electrons. The lowest BCUT2D eigenvalue weighted by Crippen LogP contribution is -2.29. The fraction of sp³-hybridized carbons (Fsp3) is 0.316. The minimum atomic E-state index is -0.137. The van der Waals surface area contributed by atoms with Gasteiger partial charge in [-0.05, 0) is 47.2 Å². The molecule has 22 heavy (non-hydrogen) atoms. The Morgan fingerprint density at radius 1 is 0.955 bits per heavy atom. The summed E-state index contributed by atoms with van der Waals surface area (Å²) in [5, 5.41) is 0. The van der Waals surface area contributed by atoms with Crippen LogP contribution in [-0.4, -0.2) is 5.91 Å². The van der Waals surface area contributed by atoms with E-state index in [9.17, 15) is 4.79 Å². The number of hydrogen-bond donors (Lipinski definition) is 2. The van der Waals surface area contributed by atoms with Crippen molar-refractivity contribution in [3.63, 3.8) is 0 Å². The molecule has 0 aliphatic rings. The molecule has 0 bridgehead atoms. The third-order valence-electron chi connectivity index (χ3n) is 3.70. The van der Waals surface area contributed by atoms with E-state index in [2.05, 4.69) is 50.7 Å². The van der Waals surface area contributed by atoms with Crippen molar-refractivity contribution in [1.29, 1.82) is 0 Å². The monoisotopic (exact) mass is 296 g/mol. The molecule has 116 valence electrons. The van der Waals surface area contributed by atoms with Crippen molar-refractivity contribution in [2.24, 2.45) is 0 Å². The van der Waals surface area contributed by atoms with Gasteiger partial charge in [0.05, 0.1) is 5.69 Å². The Kier molecular flexibility index (Phi) is 4.86. The number of hydrazine groups is 1. The maximum Gasteiger partial charge on any atom is 0.269 e. The third kappa shape index (κ3) is 4.10. The lowest BCUT2D eigenvalue weighted by Gasteiger charge is -2.19. The maximum absolute atomic E-state index is 12.1. The summed E-state index contributed by atoms with van der Waals surface area (Å²) < 4.78 is 0. The number of nitrogens with one attached hydrogen (secondary N) is 2. The molecule has 0 spiro atoms. The largest absolute Gasteiger partial charge is 0.298 e. The molecular formula is C19H24N2O. The van der Waals surface area contributed by atoms with E-state index < -0.39 is 0 Å². The van der Waals surface area contributed by atoms with Crippen LogP contribution >= 0.6 is 0 Å². The first-order valence-corrected chi connectivity index (χ1v) is 7.66. The van der Waals surface area contributed by atoms with Gasteiger partial charge < -0.3 is 0 Å². The Morgan fingerprint density at radius 3 is 2.05 bits per heavy atom. The van der Waals surface area contributed by atoms with Crippen molar-refractivity contribution in [1.82, 2.24) is 5.43 Å². The molecule has 0 heterocycles. The van der Waals surface area contributed by atoms with Crippen molar-refractivity contribution < 1.29 is 4.79 Å². The summed E-state index contributed by atoms with van der Waals surface area (Å²) >= 11 is 0. The Labute approximate surface area is 132 Å². The van der Waals surface area contributed by atoms with E-state index in [1.165, 1.54) is 11.1 Å². The van der Waals surface area contributed by atoms with E-state index in [0.717, 1.165) is 12.1 Å². The SMILES string of the molecule is CCc1ccc(C(=O)NNc2ccc(C(C)(C)C)cc2)cc1. The van der Waals surface area contributed by atoms with Gasteiger partial charge in [0.1, 0.15) is 0 Å². The molecule has 2 aromatic carbocycles. The van der Waals surface area contributed by atoms with Gasteiger partial charge in [-0.1, -0.05) is 52.0 Å². The number of hydrogen-bond acceptors (Lipinski definition) is 2. The Hall–Kier alpha value is -2.29. The minimum Gasteiger partial charge on any atom is -0.298 e. The smallest absolute Gasteiger partial charge is 0.269 e. The van der Waals surface area contributed by atoms with E-state index in [1.807, 2.05) is 36.4 Å². The number of amides is 1. The fourth-order valence-electron chi connectivity index (χ4n) is 2.15. The summed E-state index contributed by atoms with van der Waals surface area (Å²) in [5.74, 6) is -0.137. The highest BCUT2D eigenvalue weighted by molar-refractivity contribution is 5.94. The highest BCUT2D eigenvalue weighted by atomic mass is 16.2. The molecule has 0 atom stereocenters. The van der Waals surface area contributed by atoms with Gasteiger partial charge in [0.25, 0.3) is 5.91 Å². The Bertz CT molecular complexity index is 622. The molecule has 3 nitrogen and oxygen atoms in total. The number of rotatable bonds is 4. The van der Waals surface area contributed by atoms with Crippen LogP contribution in [0.1, 0.15) is 49.2 Å². The molecule has 0 saturated carbocycles. The first kappa shape index (κ1) is 16.1. The summed E-state index contributed by atoms with van der Waals surface area (Å²) in [4.78, 5) is 12.1. The van der Waals surface area contributed by atoms with E-state index >= 15 is 0 Å². The summed E-state index contributed by atoms with van der Waals surface area (Å²) in [5.41, 5.74) is 9.80. The molecule has 0 fully saturated rings. The van der Waals surface area contributed by atoms with Gasteiger partial charge in [-0.2, -0.15) is 0 Å². The highest BCUT2D eigenvalue weighted by Crippen LogP contribution is 2.23. The standard InChI is InChI=1S/C19H24N2O/c1-5-14-6-8-15(9-7-14)18(22)21-20-17-12-10-16(11-13-17)19(2,3)4/h6-13,20H,5H2,1-4H3,(H,21,22). The number of carbonyl (C=O) groups is 1. The molecule has 3 heteroatoms. The van der Waals surface area contributed by atoms with Crippen LogP contribution in [0.3, 0.4) is 0 Å². The topological polar surface area (TPSA) is 41.1 Å². The van der Waals surface area contributed by atoms with Crippen molar-refractivity contribution in [3.05, 3.63) is 65.2 Å². The second-order valence-electron chi connectivity index (χ2n) is 6.46. The highest BCUT2D eigenvalue weighted by Gasteiger charge is 2.12. The number of aryl methyl sites for hydroxylation is 1. The third-order valence-corrected chi connectivity index (χ3v) is 3.70. The average Bonchev–Trinajstić information content (AvgIpc) is 2.52. The van der Waals surface area contributed by atoms with Crippen molar-refractivity contribution in [2.75, 3.05) is 5.43 Å². The summed E-state index contributed by atoms with van der Waals surface area (Å²) in [6, 6.07) is 15.7. The summed E-state index contributed by atoms with van der Waals surface area (Å²) in [7, 11) is 0. The molecule has 2 N–H and O–H groups in total. The number of anilines is 1. The van der Waals surface area contributed by atoms with Gasteiger partial charge in [0.15, 0.2) is 0 Å². The van der Waals surface area contributed by atoms with Crippen LogP contribution in [0.15, 0.2) is 48.5 Å². The number of benzene rings is 2. The number of carbonyl (C=O) groups excluding carboxylic acids is 1. The first-order chi connectivity index (χ1) is 10.4. The molecule has 0 saturated heterocycles. The summed E-state index contributed by atoms with van der Waals surface area (Å²) in [6.07, 6.45) is 0.972. The van der Waals surface area contributed by atoms with E-state index in [-0.39, 0.29) is 11.3 Å². The lowest BCUT2D eigenvalue weighted by atomic mass is 9.87. The van der Waals surface area contributed by atoms with Crippen LogP contribution in [-0.2, 0) is 11.8 Å². The van der Waals surface area contributed by atoms with Gasteiger partial charge in [0.2, 0.25) is 0 Å². The van der Waals surface area contributed by atoms with Crippen LogP contribution in [0, 0.1) is 0 Å². The predicted molar refractivity (Wildman–Crippen MR) is 92.1 cm³/mol. The van der Waals surface area contributed by atoms with Gasteiger partial charge >= 0.3 is 0 Å². The zero-order chi connectivity index (χ0) is 16.2. The zero-order valence-electron chi connectivity index (χ0n) is 13.7. The van der Waals surface area contributed by atoms with Crippen LogP contribution < -0.4 is 10.9 Å². The Balaban J connectivity index is 1.95. The normalized spacial score (nSPS) is 11.1. The van der Waals surface area contributed by atoms with Crippen LogP contribution in [0.5, 0.6) is 0 Å². The van der Waals surface area contributed by atoms with Crippen molar-refractivity contribution >= 4 is 11.6 Å². The molecule has 0 aliphatic heterocycles. The van der Waals surface area contributed by atoms with E-state index in [0.29, 0.717) is 5.56 Å². The Morgan fingerprint density at radius 2 is 1.55 bits per heavy atom. The average molecular weight is 296 g/mol. The van der Waals surface area contributed by atoms with Crippen molar-refractivity contribution in [3.8, 4) is 0 Å². The second kappa shape index (κ2) is 6.65. The van der Waals surface area contributed by atoms with Crippen molar-refractivity contribution in [2.45, 2.75) is 39.5 Å². The molecule has 0 aromatic heterocycles. The first-order valence-electron chi connectivity index (χ1n) is 7.66. The molecule has 2 aromatic rings. The van der Waals surface area contributed by atoms with Gasteiger partial charge in [-0.15, -0.1) is 0 Å². The lowest BCUT2D eigenvalue weighted by molar-refractivity contribution is 0.0962. The second-order valence-corrected chi connectivity index (χ2v) is 6.46. The van der Waals surface area contributed by atoms with Crippen LogP contribution in [0.2, 0.25) is 0 Å². The van der Waals surface area contributed by atoms with Crippen LogP contribution in [0.25, 0.3) is 0 Å². The molecule has 0 aliphatic carbocycles. The van der Waals surface area contributed by atoms with E-state index in [4.69, 9.17) is 0 Å². The van der Waals surface area contributed by atoms with E-state index in [1.54, 1.807) is 0 Å². The maximum atomic E-state index is 12.1. The molecular weight excluding hydrogens is 272 g/mol.